The summed E-state index contributed by atoms with van der Waals surface area (Å²) < 4.78 is 26.1. The van der Waals surface area contributed by atoms with Crippen LogP contribution < -0.4 is 10.5 Å². The summed E-state index contributed by atoms with van der Waals surface area (Å²) in [5.74, 6) is -0.314. The highest BCUT2D eigenvalue weighted by molar-refractivity contribution is 9.10. The third-order valence-electron chi connectivity index (χ3n) is 3.82. The number of anilines is 1. The molecule has 1 aromatic heterocycles. The number of nitrogens with one attached hydrogen (secondary N) is 1. The van der Waals surface area contributed by atoms with Crippen LogP contribution in [0.4, 0.5) is 5.69 Å². The number of nitriles is 1. The molecule has 0 saturated heterocycles. The smallest absolute Gasteiger partial charge is 0.240 e. The maximum Gasteiger partial charge on any atom is 0.240 e. The predicted molar refractivity (Wildman–Crippen MR) is 106 cm³/mol. The Morgan fingerprint density at radius 1 is 1.29 bits per heavy atom. The van der Waals surface area contributed by atoms with Crippen LogP contribution in [0.2, 0.25) is 0 Å². The van der Waals surface area contributed by atoms with Crippen molar-refractivity contribution in [3.63, 3.8) is 0 Å². The average molecular weight is 460 g/mol. The molecule has 1 heterocycles. The first-order valence-electron chi connectivity index (χ1n) is 7.93. The lowest BCUT2D eigenvalue weighted by molar-refractivity contribution is -0.115. The molecule has 3 aromatic rings. The normalized spacial score (nSPS) is 11.0. The van der Waals surface area contributed by atoms with Gasteiger partial charge >= 0.3 is 0 Å². The molecule has 0 atom stereocenters. The van der Waals surface area contributed by atoms with E-state index in [2.05, 4.69) is 26.3 Å². The van der Waals surface area contributed by atoms with Gasteiger partial charge in [-0.15, -0.1) is 0 Å². The van der Waals surface area contributed by atoms with Crippen molar-refractivity contribution in [3.8, 4) is 11.8 Å². The van der Waals surface area contributed by atoms with E-state index in [-0.39, 0.29) is 34.2 Å². The summed E-state index contributed by atoms with van der Waals surface area (Å²) in [6, 6.07) is 13.5. The maximum absolute atomic E-state index is 12.3. The summed E-state index contributed by atoms with van der Waals surface area (Å²) in [6.45, 7) is 0. The first kappa shape index (κ1) is 19.8. The van der Waals surface area contributed by atoms with Gasteiger partial charge in [-0.25, -0.2) is 18.2 Å². The number of benzene rings is 2. The monoisotopic (exact) mass is 459 g/mol. The topological polar surface area (TPSA) is 131 Å². The first-order valence-corrected chi connectivity index (χ1v) is 10.3. The van der Waals surface area contributed by atoms with Gasteiger partial charge in [-0.2, -0.15) is 10.4 Å². The quantitative estimate of drug-likeness (QED) is 0.604. The Kier molecular flexibility index (Phi) is 5.60. The third kappa shape index (κ3) is 4.45. The molecule has 0 unspecified atom stereocenters. The van der Waals surface area contributed by atoms with Gasteiger partial charge in [0, 0.05) is 16.4 Å². The van der Waals surface area contributed by atoms with Gasteiger partial charge in [-0.1, -0.05) is 34.1 Å². The molecule has 0 saturated carbocycles. The van der Waals surface area contributed by atoms with Gasteiger partial charge in [0.2, 0.25) is 15.9 Å². The van der Waals surface area contributed by atoms with Crippen LogP contribution in [0.5, 0.6) is 0 Å². The number of rotatable bonds is 5. The van der Waals surface area contributed by atoms with E-state index in [1.165, 1.54) is 35.3 Å². The molecule has 142 valence electrons. The van der Waals surface area contributed by atoms with Gasteiger partial charge in [0.15, 0.2) is 0 Å². The molecule has 10 heteroatoms. The molecule has 0 radical (unpaired) electrons. The summed E-state index contributed by atoms with van der Waals surface area (Å²) in [4.78, 5) is 12.1. The van der Waals surface area contributed by atoms with E-state index >= 15 is 0 Å². The maximum atomic E-state index is 12.3. The van der Waals surface area contributed by atoms with E-state index < -0.39 is 10.0 Å². The van der Waals surface area contributed by atoms with Crippen molar-refractivity contribution in [1.29, 1.82) is 5.26 Å². The number of hydrogen-bond donors (Lipinski definition) is 2. The number of amides is 1. The molecule has 1 amide bonds. The van der Waals surface area contributed by atoms with Crippen LogP contribution in [0.1, 0.15) is 11.1 Å². The minimum Gasteiger partial charge on any atom is -0.326 e. The fraction of sp³-hybridized carbons (Fsp3) is 0.0556. The molecule has 0 aliphatic carbocycles. The molecule has 0 fully saturated rings. The van der Waals surface area contributed by atoms with E-state index in [4.69, 9.17) is 10.4 Å². The summed E-state index contributed by atoms with van der Waals surface area (Å²) in [5, 5.41) is 20.9. The van der Waals surface area contributed by atoms with Crippen molar-refractivity contribution in [2.75, 3.05) is 5.32 Å². The van der Waals surface area contributed by atoms with Crippen molar-refractivity contribution in [3.05, 3.63) is 70.5 Å². The number of sulfonamides is 1. The number of primary sulfonamides is 1. The zero-order valence-corrected chi connectivity index (χ0v) is 16.7. The van der Waals surface area contributed by atoms with E-state index in [9.17, 15) is 13.2 Å². The summed E-state index contributed by atoms with van der Waals surface area (Å²) >= 11 is 3.38. The van der Waals surface area contributed by atoms with Crippen molar-refractivity contribution in [1.82, 2.24) is 9.78 Å². The average Bonchev–Trinajstić information content (AvgIpc) is 3.12. The predicted octanol–water partition coefficient (Wildman–Crippen LogP) is 2.34. The minimum absolute atomic E-state index is 0.110. The van der Waals surface area contributed by atoms with Crippen LogP contribution in [0, 0.1) is 11.3 Å². The van der Waals surface area contributed by atoms with Crippen LogP contribution in [-0.4, -0.2) is 24.1 Å². The largest absolute Gasteiger partial charge is 0.326 e. The van der Waals surface area contributed by atoms with E-state index in [1.54, 1.807) is 0 Å². The second-order valence-electron chi connectivity index (χ2n) is 5.83. The minimum atomic E-state index is -4.11. The standard InChI is InChI=1S/C18H14BrN5O3S/c19-15-4-2-1-3-13(15)7-18(25)23-14-5-6-16(17(8-14)28(21,26)27)24-11-12(9-20)10-22-24/h1-6,8,10-11H,7H2,(H,23,25)(H2,21,26,27). The highest BCUT2D eigenvalue weighted by Gasteiger charge is 2.18. The zero-order valence-electron chi connectivity index (χ0n) is 14.3. The molecule has 0 spiro atoms. The number of nitrogens with zero attached hydrogens (tertiary/aromatic N) is 3. The highest BCUT2D eigenvalue weighted by atomic mass is 79.9. The lowest BCUT2D eigenvalue weighted by Crippen LogP contribution is -2.18. The molecule has 0 aliphatic heterocycles. The van der Waals surface area contributed by atoms with Gasteiger partial charge in [0.1, 0.15) is 11.0 Å². The lowest BCUT2D eigenvalue weighted by Gasteiger charge is -2.12. The molecular weight excluding hydrogens is 446 g/mol. The van der Waals surface area contributed by atoms with Crippen molar-refractivity contribution in [2.45, 2.75) is 11.3 Å². The molecule has 28 heavy (non-hydrogen) atoms. The summed E-state index contributed by atoms with van der Waals surface area (Å²) in [7, 11) is -4.11. The zero-order chi connectivity index (χ0) is 20.3. The number of aromatic nitrogens is 2. The van der Waals surface area contributed by atoms with E-state index in [0.29, 0.717) is 0 Å². The molecule has 3 rings (SSSR count). The number of hydrogen-bond acceptors (Lipinski definition) is 5. The Morgan fingerprint density at radius 2 is 2.04 bits per heavy atom. The highest BCUT2D eigenvalue weighted by Crippen LogP contribution is 2.24. The number of nitrogens with two attached hydrogens (primary N) is 1. The van der Waals surface area contributed by atoms with Gasteiger partial charge in [0.05, 0.1) is 23.9 Å². The molecule has 0 bridgehead atoms. The molecule has 8 nitrogen and oxygen atoms in total. The Balaban J connectivity index is 1.90. The second kappa shape index (κ2) is 7.93. The van der Waals surface area contributed by atoms with Crippen molar-refractivity contribution >= 4 is 37.5 Å². The van der Waals surface area contributed by atoms with Crippen LogP contribution in [-0.2, 0) is 21.2 Å². The van der Waals surface area contributed by atoms with Crippen LogP contribution in [0.15, 0.2) is 64.2 Å². The number of carbonyl (C=O) groups excluding carboxylic acids is 1. The molecule has 0 aliphatic rings. The SMILES string of the molecule is N#Cc1cnn(-c2ccc(NC(=O)Cc3ccccc3Br)cc2S(N)(=O)=O)c1. The van der Waals surface area contributed by atoms with Gasteiger partial charge in [-0.3, -0.25) is 4.79 Å². The van der Waals surface area contributed by atoms with E-state index in [1.807, 2.05) is 30.3 Å². The Labute approximate surface area is 169 Å². The van der Waals surface area contributed by atoms with Crippen LogP contribution >= 0.6 is 15.9 Å². The van der Waals surface area contributed by atoms with Gasteiger partial charge in [0.25, 0.3) is 0 Å². The second-order valence-corrected chi connectivity index (χ2v) is 8.21. The lowest BCUT2D eigenvalue weighted by atomic mass is 10.1. The first-order chi connectivity index (χ1) is 13.3. The third-order valence-corrected chi connectivity index (χ3v) is 5.53. The van der Waals surface area contributed by atoms with Gasteiger partial charge < -0.3 is 5.32 Å². The molecular formula is C18H14BrN5O3S. The Bertz CT molecular complexity index is 1200. The summed E-state index contributed by atoms with van der Waals surface area (Å²) in [5.41, 5.74) is 1.51. The molecule has 3 N–H and O–H groups in total. The van der Waals surface area contributed by atoms with Gasteiger partial charge in [-0.05, 0) is 29.8 Å². The molecule has 2 aromatic carbocycles. The van der Waals surface area contributed by atoms with Crippen LogP contribution in [0.25, 0.3) is 5.69 Å². The summed E-state index contributed by atoms with van der Waals surface area (Å²) in [6.07, 6.45) is 2.80. The van der Waals surface area contributed by atoms with Crippen LogP contribution in [0.3, 0.4) is 0 Å². The Morgan fingerprint density at radius 3 is 2.68 bits per heavy atom. The Hall–Kier alpha value is -3.00. The van der Waals surface area contributed by atoms with Crippen molar-refractivity contribution < 1.29 is 13.2 Å². The fourth-order valence-electron chi connectivity index (χ4n) is 2.54. The fourth-order valence-corrected chi connectivity index (χ4v) is 3.71. The number of carbonyl (C=O) groups is 1. The van der Waals surface area contributed by atoms with E-state index in [0.717, 1.165) is 10.0 Å². The number of halogens is 1. The van der Waals surface area contributed by atoms with Crippen molar-refractivity contribution in [2.24, 2.45) is 5.14 Å².